The van der Waals surface area contributed by atoms with E-state index >= 15 is 0 Å². The van der Waals surface area contributed by atoms with Crippen molar-refractivity contribution in [3.05, 3.63) is 41.6 Å². The van der Waals surface area contributed by atoms with Crippen LogP contribution in [0.5, 0.6) is 5.75 Å². The van der Waals surface area contributed by atoms with Gasteiger partial charge in [-0.05, 0) is 56.7 Å². The lowest BCUT2D eigenvalue weighted by Crippen LogP contribution is -1.95. The summed E-state index contributed by atoms with van der Waals surface area (Å²) in [5.74, 6) is 0.885. The van der Waals surface area contributed by atoms with Crippen molar-refractivity contribution in [1.29, 1.82) is 0 Å². The van der Waals surface area contributed by atoms with Crippen molar-refractivity contribution in [3.8, 4) is 17.0 Å². The molecule has 0 amide bonds. The van der Waals surface area contributed by atoms with Crippen molar-refractivity contribution in [2.45, 2.75) is 20.8 Å². The van der Waals surface area contributed by atoms with Gasteiger partial charge in [0.1, 0.15) is 5.75 Å². The van der Waals surface area contributed by atoms with Crippen LogP contribution in [0.2, 0.25) is 0 Å². The zero-order valence-corrected chi connectivity index (χ0v) is 12.8. The number of nitrogens with zero attached hydrogens (tertiary/aromatic N) is 3. The first-order chi connectivity index (χ1) is 10.1. The first kappa shape index (κ1) is 13.6. The van der Waals surface area contributed by atoms with E-state index in [2.05, 4.69) is 18.1 Å². The van der Waals surface area contributed by atoms with E-state index in [-0.39, 0.29) is 0 Å². The number of benzene rings is 1. The molecule has 0 saturated carbocycles. The highest BCUT2D eigenvalue weighted by Gasteiger charge is 2.11. The van der Waals surface area contributed by atoms with Gasteiger partial charge in [0.05, 0.1) is 18.0 Å². The largest absolute Gasteiger partial charge is 0.494 e. The van der Waals surface area contributed by atoms with Crippen LogP contribution in [-0.2, 0) is 7.05 Å². The Balaban J connectivity index is 2.10. The quantitative estimate of drug-likeness (QED) is 0.735. The van der Waals surface area contributed by atoms with Gasteiger partial charge in [0, 0.05) is 18.0 Å². The van der Waals surface area contributed by atoms with E-state index in [4.69, 9.17) is 9.72 Å². The number of aryl methyl sites for hydroxylation is 3. The monoisotopic (exact) mass is 281 g/mol. The van der Waals surface area contributed by atoms with Crippen LogP contribution in [-0.4, -0.2) is 21.4 Å². The summed E-state index contributed by atoms with van der Waals surface area (Å²) in [6.45, 7) is 6.79. The van der Waals surface area contributed by atoms with Gasteiger partial charge >= 0.3 is 0 Å². The van der Waals surface area contributed by atoms with Gasteiger partial charge in [-0.15, -0.1) is 0 Å². The third-order valence-corrected chi connectivity index (χ3v) is 3.63. The Morgan fingerprint density at radius 3 is 2.52 bits per heavy atom. The third kappa shape index (κ3) is 2.37. The topological polar surface area (TPSA) is 39.9 Å². The summed E-state index contributed by atoms with van der Waals surface area (Å²) in [7, 11) is 1.93. The Hall–Kier alpha value is -2.36. The Bertz CT molecular complexity index is 788. The number of ether oxygens (including phenoxy) is 1. The predicted octanol–water partition coefficient (Wildman–Crippen LogP) is 3.65. The average Bonchev–Trinajstić information content (AvgIpc) is 2.75. The first-order valence-electron chi connectivity index (χ1n) is 7.14. The van der Waals surface area contributed by atoms with E-state index in [1.54, 1.807) is 0 Å². The molecule has 0 atom stereocenters. The van der Waals surface area contributed by atoms with Crippen LogP contribution < -0.4 is 4.74 Å². The maximum atomic E-state index is 5.48. The molecule has 0 radical (unpaired) electrons. The molecule has 0 aliphatic carbocycles. The fourth-order valence-electron chi connectivity index (χ4n) is 2.70. The highest BCUT2D eigenvalue weighted by Crippen LogP contribution is 2.27. The molecule has 0 spiro atoms. The Morgan fingerprint density at radius 2 is 1.86 bits per heavy atom. The van der Waals surface area contributed by atoms with Crippen molar-refractivity contribution >= 4 is 11.0 Å². The van der Waals surface area contributed by atoms with Gasteiger partial charge in [-0.1, -0.05) is 0 Å². The lowest BCUT2D eigenvalue weighted by molar-refractivity contribution is 0.340. The smallest absolute Gasteiger partial charge is 0.158 e. The molecule has 0 fully saturated rings. The maximum Gasteiger partial charge on any atom is 0.158 e. The molecule has 3 rings (SSSR count). The Kier molecular flexibility index (Phi) is 3.37. The van der Waals surface area contributed by atoms with Crippen LogP contribution in [0.3, 0.4) is 0 Å². The summed E-state index contributed by atoms with van der Waals surface area (Å²) in [4.78, 5) is 4.76. The molecular formula is C17H19N3O. The number of rotatable bonds is 3. The molecule has 0 saturated heterocycles. The van der Waals surface area contributed by atoms with Gasteiger partial charge < -0.3 is 4.74 Å². The molecule has 0 unspecified atom stereocenters. The highest BCUT2D eigenvalue weighted by atomic mass is 16.5. The van der Waals surface area contributed by atoms with Crippen molar-refractivity contribution in [1.82, 2.24) is 14.8 Å². The van der Waals surface area contributed by atoms with Gasteiger partial charge in [0.15, 0.2) is 5.65 Å². The minimum absolute atomic E-state index is 0.678. The summed E-state index contributed by atoms with van der Waals surface area (Å²) in [6, 6.07) is 10.2. The molecular weight excluding hydrogens is 262 g/mol. The van der Waals surface area contributed by atoms with Gasteiger partial charge in [-0.25, -0.2) is 4.98 Å². The van der Waals surface area contributed by atoms with Crippen molar-refractivity contribution < 1.29 is 4.74 Å². The minimum Gasteiger partial charge on any atom is -0.494 e. The SMILES string of the molecule is CCOc1ccc(-c2cc(C)c3c(C)nn(C)c3n2)cc1. The van der Waals surface area contributed by atoms with Crippen LogP contribution in [0.15, 0.2) is 30.3 Å². The van der Waals surface area contributed by atoms with Gasteiger partial charge in [0.25, 0.3) is 0 Å². The number of hydrogen-bond donors (Lipinski definition) is 0. The van der Waals surface area contributed by atoms with Crippen molar-refractivity contribution in [2.75, 3.05) is 6.61 Å². The van der Waals surface area contributed by atoms with E-state index in [9.17, 15) is 0 Å². The predicted molar refractivity (Wildman–Crippen MR) is 84.6 cm³/mol. The van der Waals surface area contributed by atoms with Crippen LogP contribution in [0.25, 0.3) is 22.3 Å². The number of aromatic nitrogens is 3. The second-order valence-corrected chi connectivity index (χ2v) is 5.19. The number of hydrogen-bond acceptors (Lipinski definition) is 3. The molecule has 4 heteroatoms. The maximum absolute atomic E-state index is 5.48. The Labute approximate surface area is 124 Å². The van der Waals surface area contributed by atoms with E-state index in [0.717, 1.165) is 33.7 Å². The lowest BCUT2D eigenvalue weighted by Gasteiger charge is -2.07. The third-order valence-electron chi connectivity index (χ3n) is 3.63. The van der Waals surface area contributed by atoms with E-state index in [1.165, 1.54) is 5.56 Å². The fourth-order valence-corrected chi connectivity index (χ4v) is 2.70. The number of pyridine rings is 1. The minimum atomic E-state index is 0.678. The van der Waals surface area contributed by atoms with E-state index in [0.29, 0.717) is 6.61 Å². The van der Waals surface area contributed by atoms with Crippen LogP contribution >= 0.6 is 0 Å². The zero-order valence-electron chi connectivity index (χ0n) is 12.8. The van der Waals surface area contributed by atoms with Crippen LogP contribution in [0, 0.1) is 13.8 Å². The summed E-state index contributed by atoms with van der Waals surface area (Å²) in [5, 5.41) is 5.60. The van der Waals surface area contributed by atoms with Crippen molar-refractivity contribution in [3.63, 3.8) is 0 Å². The second kappa shape index (κ2) is 5.20. The first-order valence-corrected chi connectivity index (χ1v) is 7.14. The van der Waals surface area contributed by atoms with E-state index in [1.807, 2.05) is 49.8 Å². The summed E-state index contributed by atoms with van der Waals surface area (Å²) < 4.78 is 7.32. The highest BCUT2D eigenvalue weighted by molar-refractivity contribution is 5.84. The molecule has 1 aromatic carbocycles. The van der Waals surface area contributed by atoms with Crippen molar-refractivity contribution in [2.24, 2.45) is 7.05 Å². The molecule has 0 aliphatic heterocycles. The lowest BCUT2D eigenvalue weighted by atomic mass is 10.1. The molecule has 0 aliphatic rings. The molecule has 3 aromatic rings. The normalized spacial score (nSPS) is 11.0. The molecule has 0 bridgehead atoms. The Morgan fingerprint density at radius 1 is 1.14 bits per heavy atom. The van der Waals surface area contributed by atoms with Crippen LogP contribution in [0.1, 0.15) is 18.2 Å². The number of fused-ring (bicyclic) bond motifs is 1. The molecule has 0 N–H and O–H groups in total. The summed E-state index contributed by atoms with van der Waals surface area (Å²) in [6.07, 6.45) is 0. The average molecular weight is 281 g/mol. The molecule has 21 heavy (non-hydrogen) atoms. The van der Waals surface area contributed by atoms with Crippen LogP contribution in [0.4, 0.5) is 0 Å². The van der Waals surface area contributed by atoms with E-state index < -0.39 is 0 Å². The van der Waals surface area contributed by atoms with Gasteiger partial charge in [-0.2, -0.15) is 5.10 Å². The molecule has 108 valence electrons. The van der Waals surface area contributed by atoms with Gasteiger partial charge in [-0.3, -0.25) is 4.68 Å². The molecule has 2 aromatic heterocycles. The molecule has 4 nitrogen and oxygen atoms in total. The summed E-state index contributed by atoms with van der Waals surface area (Å²) in [5.41, 5.74) is 5.20. The zero-order chi connectivity index (χ0) is 15.0. The standard InChI is InChI=1S/C17H19N3O/c1-5-21-14-8-6-13(7-9-14)15-10-11(2)16-12(3)19-20(4)17(16)18-15/h6-10H,5H2,1-4H3. The second-order valence-electron chi connectivity index (χ2n) is 5.19. The summed E-state index contributed by atoms with van der Waals surface area (Å²) >= 11 is 0. The molecule has 2 heterocycles. The fraction of sp³-hybridized carbons (Fsp3) is 0.294. The van der Waals surface area contributed by atoms with Gasteiger partial charge in [0.2, 0.25) is 0 Å².